The Morgan fingerprint density at radius 3 is 2.85 bits per heavy atom. The molecular weight excluding hydrogens is 368 g/mol. The number of carbonyl (C=O) groups excluding carboxylic acids is 2. The molecule has 1 atom stereocenters. The fourth-order valence-corrected chi connectivity index (χ4v) is 3.24. The minimum Gasteiger partial charge on any atom is -0.488 e. The monoisotopic (exact) mass is 384 g/mol. The largest absolute Gasteiger partial charge is 0.488 e. The van der Waals surface area contributed by atoms with E-state index in [1.54, 1.807) is 36.7 Å². The summed E-state index contributed by atoms with van der Waals surface area (Å²) in [5, 5.41) is 11.8. The Morgan fingerprint density at radius 1 is 1.44 bits per heavy atom. The van der Waals surface area contributed by atoms with E-state index in [2.05, 4.69) is 10.3 Å². The number of nitrogens with one attached hydrogen (secondary N) is 1. The van der Waals surface area contributed by atoms with Gasteiger partial charge in [0, 0.05) is 5.39 Å². The van der Waals surface area contributed by atoms with E-state index in [0.717, 1.165) is 10.6 Å². The van der Waals surface area contributed by atoms with Gasteiger partial charge in [0.05, 0.1) is 27.7 Å². The lowest BCUT2D eigenvalue weighted by atomic mass is 10.1. The molecule has 0 aliphatic heterocycles. The first-order valence-electron chi connectivity index (χ1n) is 7.95. The van der Waals surface area contributed by atoms with Crippen LogP contribution in [0.4, 0.5) is 0 Å². The van der Waals surface area contributed by atoms with Gasteiger partial charge in [-0.25, -0.2) is 4.98 Å². The van der Waals surface area contributed by atoms with Crippen molar-refractivity contribution >= 4 is 34.1 Å². The van der Waals surface area contributed by atoms with Gasteiger partial charge in [-0.2, -0.15) is 5.26 Å². The van der Waals surface area contributed by atoms with Crippen molar-refractivity contribution in [1.82, 2.24) is 10.3 Å². The van der Waals surface area contributed by atoms with Gasteiger partial charge in [0.15, 0.2) is 6.04 Å². The zero-order valence-corrected chi connectivity index (χ0v) is 15.4. The van der Waals surface area contributed by atoms with Gasteiger partial charge in [-0.1, -0.05) is 0 Å². The molecule has 0 saturated heterocycles. The normalized spacial score (nSPS) is 11.7. The third-order valence-electron chi connectivity index (χ3n) is 3.97. The van der Waals surface area contributed by atoms with Crippen molar-refractivity contribution in [3.8, 4) is 11.8 Å². The van der Waals surface area contributed by atoms with E-state index in [9.17, 15) is 9.59 Å². The highest BCUT2D eigenvalue weighted by molar-refractivity contribution is 7.09. The fourth-order valence-electron chi connectivity index (χ4n) is 2.55. The summed E-state index contributed by atoms with van der Waals surface area (Å²) in [4.78, 5) is 28.9. The highest BCUT2D eigenvalue weighted by atomic mass is 32.1. The predicted molar refractivity (Wildman–Crippen MR) is 98.2 cm³/mol. The Balaban J connectivity index is 1.88. The second-order valence-corrected chi connectivity index (χ2v) is 6.72. The summed E-state index contributed by atoms with van der Waals surface area (Å²) in [5.74, 6) is -0.636. The van der Waals surface area contributed by atoms with Crippen molar-refractivity contribution in [3.63, 3.8) is 0 Å². The molecule has 0 radical (unpaired) electrons. The molecule has 1 aromatic carbocycles. The summed E-state index contributed by atoms with van der Waals surface area (Å²) >= 11 is 1.50. The summed E-state index contributed by atoms with van der Waals surface area (Å²) < 4.78 is 11.4. The molecule has 0 spiro atoms. The lowest BCUT2D eigenvalue weighted by molar-refractivity contribution is -0.118. The Kier molecular flexibility index (Phi) is 5.09. The van der Waals surface area contributed by atoms with Crippen molar-refractivity contribution in [1.29, 1.82) is 5.26 Å². The molecule has 1 unspecified atom stereocenters. The number of aryl methyl sites for hydroxylation is 2. The molecule has 2 heterocycles. The molecule has 0 aliphatic rings. The Labute approximate surface area is 158 Å². The van der Waals surface area contributed by atoms with Crippen LogP contribution in [0, 0.1) is 25.2 Å². The molecule has 0 fully saturated rings. The molecule has 3 aromatic rings. The first-order valence-corrected chi connectivity index (χ1v) is 8.83. The van der Waals surface area contributed by atoms with E-state index in [0.29, 0.717) is 29.1 Å². The Morgan fingerprint density at radius 2 is 2.22 bits per heavy atom. The minimum atomic E-state index is -1.42. The van der Waals surface area contributed by atoms with Crippen LogP contribution in [0.5, 0.6) is 5.75 Å². The average Bonchev–Trinajstić information content (AvgIpc) is 3.18. The van der Waals surface area contributed by atoms with E-state index in [4.69, 9.17) is 20.1 Å². The summed E-state index contributed by atoms with van der Waals surface area (Å²) in [5.41, 5.74) is 8.48. The number of nitriles is 1. The van der Waals surface area contributed by atoms with Crippen LogP contribution in [0.2, 0.25) is 0 Å². The summed E-state index contributed by atoms with van der Waals surface area (Å²) in [6, 6.07) is 5.35. The molecule has 0 saturated carbocycles. The first-order chi connectivity index (χ1) is 12.9. The summed E-state index contributed by atoms with van der Waals surface area (Å²) in [7, 11) is 0. The lowest BCUT2D eigenvalue weighted by Crippen LogP contribution is -2.43. The van der Waals surface area contributed by atoms with Crippen molar-refractivity contribution in [2.75, 3.05) is 0 Å². The topological polar surface area (TPSA) is 131 Å². The van der Waals surface area contributed by atoms with Gasteiger partial charge in [-0.15, -0.1) is 11.3 Å². The quantitative estimate of drug-likeness (QED) is 0.670. The highest BCUT2D eigenvalue weighted by Crippen LogP contribution is 2.30. The molecule has 8 nitrogen and oxygen atoms in total. The van der Waals surface area contributed by atoms with Gasteiger partial charge < -0.3 is 20.2 Å². The summed E-state index contributed by atoms with van der Waals surface area (Å²) in [6.07, 6.45) is 0. The van der Waals surface area contributed by atoms with Crippen molar-refractivity contribution < 1.29 is 18.7 Å². The summed E-state index contributed by atoms with van der Waals surface area (Å²) in [6.45, 7) is 3.89. The third-order valence-corrected chi connectivity index (χ3v) is 4.87. The van der Waals surface area contributed by atoms with Gasteiger partial charge in [0.1, 0.15) is 23.7 Å². The van der Waals surface area contributed by atoms with Crippen LogP contribution in [-0.4, -0.2) is 22.8 Å². The van der Waals surface area contributed by atoms with Crippen LogP contribution in [-0.2, 0) is 11.4 Å². The number of fused-ring (bicyclic) bond motifs is 1. The number of aromatic nitrogens is 1. The van der Waals surface area contributed by atoms with Crippen LogP contribution in [0.3, 0.4) is 0 Å². The smallest absolute Gasteiger partial charge is 0.256 e. The van der Waals surface area contributed by atoms with Gasteiger partial charge in [0.2, 0.25) is 0 Å². The number of hydrogen-bond acceptors (Lipinski definition) is 7. The fraction of sp³-hybridized carbons (Fsp3) is 0.222. The number of nitrogens with two attached hydrogens (primary N) is 1. The zero-order valence-electron chi connectivity index (χ0n) is 14.6. The number of amides is 2. The minimum absolute atomic E-state index is 0.228. The first kappa shape index (κ1) is 18.4. The number of hydrogen-bond donors (Lipinski definition) is 2. The molecule has 0 aliphatic carbocycles. The van der Waals surface area contributed by atoms with Crippen molar-refractivity contribution in [3.05, 3.63) is 45.6 Å². The average molecular weight is 384 g/mol. The predicted octanol–water partition coefficient (Wildman–Crippen LogP) is 2.19. The third kappa shape index (κ3) is 3.75. The van der Waals surface area contributed by atoms with Crippen LogP contribution in [0.25, 0.3) is 11.0 Å². The van der Waals surface area contributed by atoms with Gasteiger partial charge in [-0.3, -0.25) is 9.59 Å². The maximum absolute atomic E-state index is 12.5. The zero-order chi connectivity index (χ0) is 19.6. The number of nitrogens with zero attached hydrogens (tertiary/aromatic N) is 2. The van der Waals surface area contributed by atoms with E-state index in [1.807, 2.05) is 6.92 Å². The van der Waals surface area contributed by atoms with E-state index < -0.39 is 17.9 Å². The van der Waals surface area contributed by atoms with Crippen molar-refractivity contribution in [2.24, 2.45) is 5.73 Å². The molecule has 2 amide bonds. The molecule has 9 heteroatoms. The van der Waals surface area contributed by atoms with Crippen LogP contribution in [0.1, 0.15) is 26.7 Å². The van der Waals surface area contributed by atoms with E-state index in [-0.39, 0.29) is 5.56 Å². The Hall–Kier alpha value is -3.38. The second-order valence-electron chi connectivity index (χ2n) is 5.78. The molecule has 3 N–H and O–H groups in total. The molecular formula is C18H16N4O4S. The van der Waals surface area contributed by atoms with Gasteiger partial charge in [0.25, 0.3) is 11.8 Å². The number of primary amides is 1. The number of furan rings is 1. The number of benzene rings is 1. The maximum atomic E-state index is 12.5. The number of ether oxygens (including phenoxy) is 1. The van der Waals surface area contributed by atoms with Crippen LogP contribution < -0.4 is 15.8 Å². The van der Waals surface area contributed by atoms with Crippen LogP contribution in [0.15, 0.2) is 28.1 Å². The number of carbonyl (C=O) groups is 2. The molecule has 2 aromatic heterocycles. The maximum Gasteiger partial charge on any atom is 0.256 e. The molecule has 3 rings (SSSR count). The van der Waals surface area contributed by atoms with Crippen molar-refractivity contribution in [2.45, 2.75) is 26.5 Å². The SMILES string of the molecule is Cc1ncsc1COc1ccc2oc(C)c(C(=O)NC(C#N)C(N)=O)c2c1. The molecule has 27 heavy (non-hydrogen) atoms. The molecule has 138 valence electrons. The number of thiazole rings is 1. The standard InChI is InChI=1S/C18H16N4O4S/c1-9-15(27-8-21-9)7-25-11-3-4-14-12(5-11)16(10(2)26-14)18(24)22-13(6-19)17(20)23/h3-5,8,13H,7H2,1-2H3,(H2,20,23)(H,22,24). The molecule has 0 bridgehead atoms. The lowest BCUT2D eigenvalue weighted by Gasteiger charge is -2.08. The van der Waals surface area contributed by atoms with Gasteiger partial charge >= 0.3 is 0 Å². The Bertz CT molecular complexity index is 1060. The highest BCUT2D eigenvalue weighted by Gasteiger charge is 2.23. The van der Waals surface area contributed by atoms with E-state index >= 15 is 0 Å². The van der Waals surface area contributed by atoms with Crippen LogP contribution >= 0.6 is 11.3 Å². The number of rotatable bonds is 6. The van der Waals surface area contributed by atoms with Gasteiger partial charge in [-0.05, 0) is 32.0 Å². The van der Waals surface area contributed by atoms with E-state index in [1.165, 1.54) is 11.3 Å². The second kappa shape index (κ2) is 7.47.